The summed E-state index contributed by atoms with van der Waals surface area (Å²) < 4.78 is 0. The van der Waals surface area contributed by atoms with Crippen molar-refractivity contribution in [1.29, 1.82) is 0 Å². The molecule has 0 bridgehead atoms. The Kier molecular flexibility index (Phi) is 3.50. The van der Waals surface area contributed by atoms with E-state index in [0.29, 0.717) is 19.3 Å². The molecule has 0 aromatic heterocycles. The molecule has 1 N–H and O–H groups in total. The number of imide groups is 1. The summed E-state index contributed by atoms with van der Waals surface area (Å²) in [6.45, 7) is 2.21. The Morgan fingerprint density at radius 1 is 1.39 bits per heavy atom. The number of likely N-dealkylation sites (tertiary alicyclic amines) is 1. The minimum atomic E-state index is -0.899. The Bertz CT molecular complexity index is 427. The van der Waals surface area contributed by atoms with E-state index < -0.39 is 5.97 Å². The van der Waals surface area contributed by atoms with E-state index >= 15 is 0 Å². The molecule has 0 spiro atoms. The number of nitrogens with zero attached hydrogens (tertiary/aromatic N) is 1. The Labute approximate surface area is 105 Å². The van der Waals surface area contributed by atoms with Gasteiger partial charge in [0.25, 0.3) is 0 Å². The lowest BCUT2D eigenvalue weighted by Crippen LogP contribution is -2.32. The van der Waals surface area contributed by atoms with E-state index in [-0.39, 0.29) is 36.6 Å². The predicted octanol–water partition coefficient (Wildman–Crippen LogP) is 1.19. The highest BCUT2D eigenvalue weighted by Crippen LogP contribution is 2.37. The second kappa shape index (κ2) is 4.92. The molecule has 18 heavy (non-hydrogen) atoms. The fourth-order valence-corrected chi connectivity index (χ4v) is 2.71. The summed E-state index contributed by atoms with van der Waals surface area (Å²) in [7, 11) is 0. The molecule has 0 saturated carbocycles. The first-order valence-corrected chi connectivity index (χ1v) is 6.23. The predicted molar refractivity (Wildman–Crippen MR) is 63.6 cm³/mol. The molecular weight excluding hydrogens is 234 g/mol. The van der Waals surface area contributed by atoms with Crippen LogP contribution in [0.5, 0.6) is 0 Å². The molecule has 2 aliphatic rings. The molecule has 0 unspecified atom stereocenters. The topological polar surface area (TPSA) is 74.7 Å². The summed E-state index contributed by atoms with van der Waals surface area (Å²) in [6.07, 6.45) is 3.64. The number of hydrogen-bond acceptors (Lipinski definition) is 3. The summed E-state index contributed by atoms with van der Waals surface area (Å²) in [5.41, 5.74) is 1.16. The molecule has 5 heteroatoms. The quantitative estimate of drug-likeness (QED) is 0.601. The molecule has 98 valence electrons. The smallest absolute Gasteiger partial charge is 0.303 e. The second-order valence-corrected chi connectivity index (χ2v) is 5.03. The summed E-state index contributed by atoms with van der Waals surface area (Å²) in [5.74, 6) is -1.58. The van der Waals surface area contributed by atoms with E-state index in [4.69, 9.17) is 5.11 Å². The zero-order chi connectivity index (χ0) is 13.3. The monoisotopic (exact) mass is 251 g/mol. The van der Waals surface area contributed by atoms with Crippen molar-refractivity contribution < 1.29 is 19.5 Å². The van der Waals surface area contributed by atoms with Gasteiger partial charge in [0.1, 0.15) is 0 Å². The fourth-order valence-electron chi connectivity index (χ4n) is 2.71. The number of carbonyl (C=O) groups is 3. The minimum absolute atomic E-state index is 0.0102. The maximum atomic E-state index is 12.1. The van der Waals surface area contributed by atoms with Gasteiger partial charge in [-0.15, -0.1) is 0 Å². The van der Waals surface area contributed by atoms with Crippen LogP contribution in [0.25, 0.3) is 0 Å². The molecule has 1 aliphatic carbocycles. The lowest BCUT2D eigenvalue weighted by Gasteiger charge is -2.19. The first-order chi connectivity index (χ1) is 8.50. The normalized spacial score (nSPS) is 27.2. The Morgan fingerprint density at radius 2 is 2.06 bits per heavy atom. The molecule has 2 amide bonds. The average molecular weight is 251 g/mol. The molecule has 2 atom stereocenters. The van der Waals surface area contributed by atoms with Crippen molar-refractivity contribution in [1.82, 2.24) is 4.90 Å². The molecule has 1 fully saturated rings. The fraction of sp³-hybridized carbons (Fsp3) is 0.615. The zero-order valence-electron chi connectivity index (χ0n) is 10.4. The van der Waals surface area contributed by atoms with Gasteiger partial charge in [-0.25, -0.2) is 0 Å². The van der Waals surface area contributed by atoms with Gasteiger partial charge in [0.05, 0.1) is 11.8 Å². The van der Waals surface area contributed by atoms with Crippen molar-refractivity contribution in [2.75, 3.05) is 6.54 Å². The van der Waals surface area contributed by atoms with Crippen molar-refractivity contribution in [2.45, 2.75) is 32.6 Å². The highest BCUT2D eigenvalue weighted by molar-refractivity contribution is 6.05. The Hall–Kier alpha value is -1.65. The number of rotatable bonds is 4. The lowest BCUT2D eigenvalue weighted by atomic mass is 9.82. The van der Waals surface area contributed by atoms with Crippen LogP contribution >= 0.6 is 0 Å². The Balaban J connectivity index is 2.00. The van der Waals surface area contributed by atoms with Crippen LogP contribution in [0, 0.1) is 11.8 Å². The number of fused-ring (bicyclic) bond motifs is 1. The second-order valence-electron chi connectivity index (χ2n) is 5.03. The molecule has 1 heterocycles. The number of carboxylic acids is 1. The number of carboxylic acid groups (broad SMARTS) is 1. The molecule has 0 aromatic carbocycles. The molecule has 0 aromatic rings. The van der Waals surface area contributed by atoms with Crippen LogP contribution in [0.15, 0.2) is 11.6 Å². The van der Waals surface area contributed by atoms with E-state index in [2.05, 4.69) is 0 Å². The van der Waals surface area contributed by atoms with Crippen LogP contribution < -0.4 is 0 Å². The third-order valence-corrected chi connectivity index (χ3v) is 3.69. The van der Waals surface area contributed by atoms with Gasteiger partial charge in [-0.2, -0.15) is 0 Å². The molecule has 5 nitrogen and oxygen atoms in total. The van der Waals surface area contributed by atoms with Crippen LogP contribution in [0.4, 0.5) is 0 Å². The van der Waals surface area contributed by atoms with Gasteiger partial charge < -0.3 is 5.11 Å². The number of hydrogen-bond donors (Lipinski definition) is 1. The third-order valence-electron chi connectivity index (χ3n) is 3.69. The number of carbonyl (C=O) groups excluding carboxylic acids is 2. The zero-order valence-corrected chi connectivity index (χ0v) is 10.4. The van der Waals surface area contributed by atoms with E-state index in [1.807, 2.05) is 13.0 Å². The molecule has 1 saturated heterocycles. The SMILES string of the molecule is CC1=CC[C@@H]2C(=O)N(CCCC(=O)O)C(=O)[C@H]2C1. The summed E-state index contributed by atoms with van der Waals surface area (Å²) in [6, 6.07) is 0. The highest BCUT2D eigenvalue weighted by atomic mass is 16.4. The molecule has 2 rings (SSSR count). The Morgan fingerprint density at radius 3 is 2.72 bits per heavy atom. The van der Waals surface area contributed by atoms with Crippen LogP contribution in [-0.4, -0.2) is 34.3 Å². The van der Waals surface area contributed by atoms with Crippen molar-refractivity contribution in [2.24, 2.45) is 11.8 Å². The first kappa shape index (κ1) is 12.8. The minimum Gasteiger partial charge on any atom is -0.481 e. The first-order valence-electron chi connectivity index (χ1n) is 6.23. The maximum Gasteiger partial charge on any atom is 0.303 e. The van der Waals surface area contributed by atoms with Gasteiger partial charge in [0, 0.05) is 13.0 Å². The van der Waals surface area contributed by atoms with Gasteiger partial charge in [0.2, 0.25) is 11.8 Å². The van der Waals surface area contributed by atoms with Crippen molar-refractivity contribution >= 4 is 17.8 Å². The van der Waals surface area contributed by atoms with E-state index in [9.17, 15) is 14.4 Å². The summed E-state index contributed by atoms with van der Waals surface area (Å²) in [4.78, 5) is 35.9. The lowest BCUT2D eigenvalue weighted by molar-refractivity contribution is -0.142. The van der Waals surface area contributed by atoms with Crippen LogP contribution in [0.1, 0.15) is 32.6 Å². The van der Waals surface area contributed by atoms with E-state index in [1.165, 1.54) is 4.90 Å². The van der Waals surface area contributed by atoms with Crippen LogP contribution in [-0.2, 0) is 14.4 Å². The number of aliphatic carboxylic acids is 1. The van der Waals surface area contributed by atoms with Crippen molar-refractivity contribution in [3.63, 3.8) is 0 Å². The van der Waals surface area contributed by atoms with Crippen molar-refractivity contribution in [3.05, 3.63) is 11.6 Å². The van der Waals surface area contributed by atoms with Crippen LogP contribution in [0.3, 0.4) is 0 Å². The van der Waals surface area contributed by atoms with Gasteiger partial charge in [-0.1, -0.05) is 11.6 Å². The summed E-state index contributed by atoms with van der Waals surface area (Å²) in [5, 5.41) is 8.56. The van der Waals surface area contributed by atoms with Gasteiger partial charge in [-0.05, 0) is 26.2 Å². The standard InChI is InChI=1S/C13H17NO4/c1-8-4-5-9-10(7-8)13(18)14(12(9)17)6-2-3-11(15)16/h4,9-10H,2-3,5-7H2,1H3,(H,15,16)/t9-,10-/m0/s1. The largest absolute Gasteiger partial charge is 0.481 e. The van der Waals surface area contributed by atoms with Gasteiger partial charge in [0.15, 0.2) is 0 Å². The molecule has 0 radical (unpaired) electrons. The average Bonchev–Trinajstić information content (AvgIpc) is 2.53. The third kappa shape index (κ3) is 2.30. The molecule has 1 aliphatic heterocycles. The molecular formula is C13H17NO4. The summed E-state index contributed by atoms with van der Waals surface area (Å²) >= 11 is 0. The highest BCUT2D eigenvalue weighted by Gasteiger charge is 2.47. The maximum absolute atomic E-state index is 12.1. The van der Waals surface area contributed by atoms with Crippen molar-refractivity contribution in [3.8, 4) is 0 Å². The number of allylic oxidation sites excluding steroid dienone is 2. The van der Waals surface area contributed by atoms with Gasteiger partial charge >= 0.3 is 5.97 Å². The van der Waals surface area contributed by atoms with Crippen LogP contribution in [0.2, 0.25) is 0 Å². The number of amides is 2. The van der Waals surface area contributed by atoms with E-state index in [1.54, 1.807) is 0 Å². The van der Waals surface area contributed by atoms with E-state index in [0.717, 1.165) is 5.57 Å². The van der Waals surface area contributed by atoms with Gasteiger partial charge in [-0.3, -0.25) is 19.3 Å².